The second-order valence-corrected chi connectivity index (χ2v) is 3.92. The monoisotopic (exact) mass is 255 g/mol. The van der Waals surface area contributed by atoms with Crippen LogP contribution in [-0.2, 0) is 6.54 Å². The highest BCUT2D eigenvalue weighted by Crippen LogP contribution is 2.19. The van der Waals surface area contributed by atoms with Gasteiger partial charge >= 0.3 is 0 Å². The largest absolute Gasteiger partial charge is 0.308 e. The van der Waals surface area contributed by atoms with E-state index in [1.165, 1.54) is 18.2 Å². The van der Waals surface area contributed by atoms with Crippen LogP contribution in [0.25, 0.3) is 0 Å². The molecule has 0 bridgehead atoms. The van der Waals surface area contributed by atoms with Crippen LogP contribution in [0.3, 0.4) is 0 Å². The van der Waals surface area contributed by atoms with Gasteiger partial charge in [0.15, 0.2) is 0 Å². The van der Waals surface area contributed by atoms with Crippen LogP contribution in [0.15, 0.2) is 41.3 Å². The highest BCUT2D eigenvalue weighted by Gasteiger charge is 2.08. The molecule has 0 aliphatic heterocycles. The summed E-state index contributed by atoms with van der Waals surface area (Å²) < 4.78 is 27.5. The lowest BCUT2D eigenvalue weighted by atomic mass is 10.2. The summed E-state index contributed by atoms with van der Waals surface area (Å²) in [5, 5.41) is 0.209. The summed E-state index contributed by atoms with van der Waals surface area (Å²) in [5.41, 5.74) is -0.243. The van der Waals surface area contributed by atoms with Gasteiger partial charge in [0, 0.05) is 22.8 Å². The summed E-state index contributed by atoms with van der Waals surface area (Å²) in [4.78, 5) is 11.4. The predicted octanol–water partition coefficient (Wildman–Crippen LogP) is 2.83. The van der Waals surface area contributed by atoms with Crippen molar-refractivity contribution in [3.63, 3.8) is 0 Å². The van der Waals surface area contributed by atoms with Crippen molar-refractivity contribution < 1.29 is 8.78 Å². The van der Waals surface area contributed by atoms with Crippen molar-refractivity contribution in [3.8, 4) is 0 Å². The van der Waals surface area contributed by atoms with Gasteiger partial charge in [-0.1, -0.05) is 17.7 Å². The van der Waals surface area contributed by atoms with E-state index in [4.69, 9.17) is 11.6 Å². The second kappa shape index (κ2) is 4.67. The summed E-state index contributed by atoms with van der Waals surface area (Å²) in [5.74, 6) is -1.08. The molecule has 2 aromatic rings. The van der Waals surface area contributed by atoms with Gasteiger partial charge in [-0.3, -0.25) is 4.79 Å². The lowest BCUT2D eigenvalue weighted by molar-refractivity contribution is 0.575. The highest BCUT2D eigenvalue weighted by atomic mass is 35.5. The van der Waals surface area contributed by atoms with E-state index in [-0.39, 0.29) is 17.1 Å². The van der Waals surface area contributed by atoms with E-state index in [1.54, 1.807) is 0 Å². The van der Waals surface area contributed by atoms with Crippen molar-refractivity contribution in [2.45, 2.75) is 6.54 Å². The maximum Gasteiger partial charge on any atom is 0.251 e. The van der Waals surface area contributed by atoms with Crippen LogP contribution in [0.4, 0.5) is 8.78 Å². The molecule has 88 valence electrons. The maximum absolute atomic E-state index is 13.5. The molecule has 2 nitrogen and oxygen atoms in total. The molecule has 0 spiro atoms. The molecular formula is C12H8ClF2NO. The average molecular weight is 256 g/mol. The molecule has 0 radical (unpaired) electrons. The van der Waals surface area contributed by atoms with Crippen LogP contribution in [0, 0.1) is 11.6 Å². The Hall–Kier alpha value is -1.68. The Labute approximate surface area is 101 Å². The Morgan fingerprint density at radius 3 is 2.65 bits per heavy atom. The first-order valence-electron chi connectivity index (χ1n) is 4.87. The number of aromatic nitrogens is 1. The number of hydrogen-bond donors (Lipinski definition) is 0. The SMILES string of the molecule is O=c1ccc(F)cn1Cc1c(F)cccc1Cl. The Kier molecular flexibility index (Phi) is 3.24. The molecule has 17 heavy (non-hydrogen) atoms. The molecule has 0 atom stereocenters. The Bertz CT molecular complexity index is 589. The quantitative estimate of drug-likeness (QED) is 0.809. The molecule has 0 saturated heterocycles. The van der Waals surface area contributed by atoms with Crippen LogP contribution in [-0.4, -0.2) is 4.57 Å². The highest BCUT2D eigenvalue weighted by molar-refractivity contribution is 6.31. The first kappa shape index (κ1) is 11.8. The number of nitrogens with zero attached hydrogens (tertiary/aromatic N) is 1. The van der Waals surface area contributed by atoms with E-state index >= 15 is 0 Å². The fourth-order valence-corrected chi connectivity index (χ4v) is 1.70. The van der Waals surface area contributed by atoms with Crippen molar-refractivity contribution in [1.29, 1.82) is 0 Å². The van der Waals surface area contributed by atoms with Crippen molar-refractivity contribution >= 4 is 11.6 Å². The van der Waals surface area contributed by atoms with E-state index in [1.807, 2.05) is 0 Å². The molecular weight excluding hydrogens is 248 g/mol. The summed E-state index contributed by atoms with van der Waals surface area (Å²) in [6.45, 7) is -0.0951. The molecule has 0 N–H and O–H groups in total. The summed E-state index contributed by atoms with van der Waals surface area (Å²) in [7, 11) is 0. The third-order valence-electron chi connectivity index (χ3n) is 2.34. The smallest absolute Gasteiger partial charge is 0.251 e. The first-order chi connectivity index (χ1) is 8.08. The first-order valence-corrected chi connectivity index (χ1v) is 5.24. The van der Waals surface area contributed by atoms with Crippen molar-refractivity contribution in [1.82, 2.24) is 4.57 Å². The minimum atomic E-state index is -0.558. The zero-order chi connectivity index (χ0) is 12.4. The number of benzene rings is 1. The van der Waals surface area contributed by atoms with Crippen LogP contribution < -0.4 is 5.56 Å². The fourth-order valence-electron chi connectivity index (χ4n) is 1.48. The molecule has 2 rings (SSSR count). The van der Waals surface area contributed by atoms with Gasteiger partial charge in [0.05, 0.1) is 6.54 Å². The van der Waals surface area contributed by atoms with Gasteiger partial charge in [0.25, 0.3) is 5.56 Å². The van der Waals surface area contributed by atoms with Gasteiger partial charge in [-0.2, -0.15) is 0 Å². The molecule has 0 saturated carbocycles. The van der Waals surface area contributed by atoms with E-state index in [0.717, 1.165) is 22.9 Å². The minimum Gasteiger partial charge on any atom is -0.308 e. The third kappa shape index (κ3) is 2.53. The van der Waals surface area contributed by atoms with E-state index in [9.17, 15) is 13.6 Å². The summed E-state index contributed by atoms with van der Waals surface area (Å²) in [6, 6.07) is 6.37. The normalized spacial score (nSPS) is 10.5. The fraction of sp³-hybridized carbons (Fsp3) is 0.0833. The summed E-state index contributed by atoms with van der Waals surface area (Å²) >= 11 is 5.82. The second-order valence-electron chi connectivity index (χ2n) is 3.51. The molecule has 0 fully saturated rings. The van der Waals surface area contributed by atoms with Crippen LogP contribution in [0.2, 0.25) is 5.02 Å². The van der Waals surface area contributed by atoms with Crippen LogP contribution in [0.5, 0.6) is 0 Å². The molecule has 1 aromatic heterocycles. The van der Waals surface area contributed by atoms with Gasteiger partial charge in [-0.25, -0.2) is 8.78 Å². The number of hydrogen-bond acceptors (Lipinski definition) is 1. The average Bonchev–Trinajstić information content (AvgIpc) is 2.28. The molecule has 0 aliphatic rings. The molecule has 0 unspecified atom stereocenters. The molecule has 5 heteroatoms. The maximum atomic E-state index is 13.5. The molecule has 0 amide bonds. The third-order valence-corrected chi connectivity index (χ3v) is 2.69. The summed E-state index contributed by atoms with van der Waals surface area (Å²) in [6.07, 6.45) is 1.02. The van der Waals surface area contributed by atoms with Gasteiger partial charge in [-0.15, -0.1) is 0 Å². The number of rotatable bonds is 2. The van der Waals surface area contributed by atoms with Crippen LogP contribution >= 0.6 is 11.6 Å². The Morgan fingerprint density at radius 2 is 1.94 bits per heavy atom. The predicted molar refractivity (Wildman–Crippen MR) is 61.2 cm³/mol. The van der Waals surface area contributed by atoms with E-state index in [2.05, 4.69) is 0 Å². The van der Waals surface area contributed by atoms with Gasteiger partial charge < -0.3 is 4.57 Å². The topological polar surface area (TPSA) is 22.0 Å². The van der Waals surface area contributed by atoms with Gasteiger partial charge in [0.1, 0.15) is 11.6 Å². The van der Waals surface area contributed by atoms with Crippen molar-refractivity contribution in [2.24, 2.45) is 0 Å². The number of pyridine rings is 1. The molecule has 1 aromatic carbocycles. The number of halogens is 3. The standard InChI is InChI=1S/C12H8ClF2NO/c13-10-2-1-3-11(15)9(10)7-16-6-8(14)4-5-12(16)17/h1-6H,7H2. The Morgan fingerprint density at radius 1 is 1.18 bits per heavy atom. The van der Waals surface area contributed by atoms with Crippen LogP contribution in [0.1, 0.15) is 5.56 Å². The zero-order valence-electron chi connectivity index (χ0n) is 8.66. The van der Waals surface area contributed by atoms with Gasteiger partial charge in [-0.05, 0) is 18.2 Å². The lowest BCUT2D eigenvalue weighted by Gasteiger charge is -2.08. The lowest BCUT2D eigenvalue weighted by Crippen LogP contribution is -2.20. The molecule has 1 heterocycles. The molecule has 0 aliphatic carbocycles. The van der Waals surface area contributed by atoms with Crippen molar-refractivity contribution in [3.05, 3.63) is 69.1 Å². The van der Waals surface area contributed by atoms with E-state index < -0.39 is 17.2 Å². The minimum absolute atomic E-state index is 0.0951. The van der Waals surface area contributed by atoms with Crippen molar-refractivity contribution in [2.75, 3.05) is 0 Å². The van der Waals surface area contributed by atoms with Gasteiger partial charge in [0.2, 0.25) is 0 Å². The van der Waals surface area contributed by atoms with E-state index in [0.29, 0.717) is 0 Å². The Balaban J connectivity index is 2.45. The zero-order valence-corrected chi connectivity index (χ0v) is 9.42.